The number of rotatable bonds is 6. The van der Waals surface area contributed by atoms with Gasteiger partial charge in [-0.3, -0.25) is 0 Å². The first-order valence-electron chi connectivity index (χ1n) is 6.83. The Bertz CT molecular complexity index is 183. The van der Waals surface area contributed by atoms with Crippen molar-refractivity contribution in [1.29, 1.82) is 0 Å². The molecule has 96 valence electrons. The van der Waals surface area contributed by atoms with Gasteiger partial charge in [-0.2, -0.15) is 0 Å². The maximum absolute atomic E-state index is 6.18. The van der Waals surface area contributed by atoms with Crippen LogP contribution in [0.1, 0.15) is 59.3 Å². The summed E-state index contributed by atoms with van der Waals surface area (Å²) in [5.41, 5.74) is 0.223. The zero-order valence-electron chi connectivity index (χ0n) is 11.1. The Morgan fingerprint density at radius 3 is 2.38 bits per heavy atom. The Hall–Kier alpha value is 0.690. The van der Waals surface area contributed by atoms with Crippen molar-refractivity contribution in [3.8, 4) is 0 Å². The van der Waals surface area contributed by atoms with Gasteiger partial charge in [0.25, 0.3) is 0 Å². The van der Waals surface area contributed by atoms with Gasteiger partial charge in [0.2, 0.25) is 0 Å². The molecule has 0 bridgehead atoms. The minimum atomic E-state index is 0.223. The maximum Gasteiger partial charge on any atom is 0.0771 e. The average molecular weight is 338 g/mol. The van der Waals surface area contributed by atoms with Crippen LogP contribution in [0.5, 0.6) is 0 Å². The van der Waals surface area contributed by atoms with Gasteiger partial charge >= 0.3 is 0 Å². The van der Waals surface area contributed by atoms with Gasteiger partial charge in [-0.15, -0.1) is 0 Å². The van der Waals surface area contributed by atoms with Crippen LogP contribution in [0.3, 0.4) is 0 Å². The van der Waals surface area contributed by atoms with Crippen LogP contribution in [0.15, 0.2) is 0 Å². The average Bonchev–Trinajstić information content (AvgIpc) is 2.30. The van der Waals surface area contributed by atoms with Gasteiger partial charge in [0.05, 0.1) is 5.60 Å². The number of hydrogen-bond acceptors (Lipinski definition) is 1. The minimum absolute atomic E-state index is 0.223. The third kappa shape index (κ3) is 4.17. The van der Waals surface area contributed by atoms with Gasteiger partial charge in [0.15, 0.2) is 0 Å². The lowest BCUT2D eigenvalue weighted by Crippen LogP contribution is -2.40. The molecule has 0 saturated heterocycles. The third-order valence-corrected chi connectivity index (χ3v) is 5.42. The van der Waals surface area contributed by atoms with E-state index < -0.39 is 0 Å². The smallest absolute Gasteiger partial charge is 0.0771 e. The van der Waals surface area contributed by atoms with E-state index in [-0.39, 0.29) is 5.60 Å². The second-order valence-corrected chi connectivity index (χ2v) is 6.36. The Labute approximate surface area is 115 Å². The molecule has 1 nitrogen and oxygen atoms in total. The molecule has 0 unspecified atom stereocenters. The van der Waals surface area contributed by atoms with Gasteiger partial charge in [0, 0.05) is 11.0 Å². The lowest BCUT2D eigenvalue weighted by molar-refractivity contribution is -0.0630. The number of hydrogen-bond donors (Lipinski definition) is 0. The van der Waals surface area contributed by atoms with E-state index in [1.54, 1.807) is 0 Å². The highest BCUT2D eigenvalue weighted by molar-refractivity contribution is 14.1. The van der Waals surface area contributed by atoms with Crippen LogP contribution in [-0.4, -0.2) is 16.6 Å². The summed E-state index contributed by atoms with van der Waals surface area (Å²) in [5.74, 6) is 1.79. The molecule has 1 rings (SSSR count). The molecular weight excluding hydrogens is 311 g/mol. The minimum Gasteiger partial charge on any atom is -0.374 e. The van der Waals surface area contributed by atoms with Crippen molar-refractivity contribution in [3.63, 3.8) is 0 Å². The number of alkyl halides is 1. The molecule has 1 saturated carbocycles. The van der Waals surface area contributed by atoms with Crippen molar-refractivity contribution in [3.05, 3.63) is 0 Å². The lowest BCUT2D eigenvalue weighted by atomic mass is 9.75. The molecule has 0 aliphatic heterocycles. The van der Waals surface area contributed by atoms with Crippen molar-refractivity contribution >= 4 is 22.6 Å². The summed E-state index contributed by atoms with van der Waals surface area (Å²) in [4.78, 5) is 0. The molecular formula is C14H27IO. The van der Waals surface area contributed by atoms with E-state index in [9.17, 15) is 0 Å². The Morgan fingerprint density at radius 2 is 1.94 bits per heavy atom. The van der Waals surface area contributed by atoms with Crippen molar-refractivity contribution < 1.29 is 4.74 Å². The van der Waals surface area contributed by atoms with Gasteiger partial charge in [-0.25, -0.2) is 0 Å². The molecule has 0 heterocycles. The molecule has 0 aromatic heterocycles. The highest BCUT2D eigenvalue weighted by Crippen LogP contribution is 2.39. The monoisotopic (exact) mass is 338 g/mol. The Kier molecular flexibility index (Phi) is 6.63. The summed E-state index contributed by atoms with van der Waals surface area (Å²) >= 11 is 2.51. The van der Waals surface area contributed by atoms with Crippen molar-refractivity contribution in [2.24, 2.45) is 11.8 Å². The third-order valence-electron chi connectivity index (χ3n) is 4.03. The summed E-state index contributed by atoms with van der Waals surface area (Å²) in [7, 11) is 0. The van der Waals surface area contributed by atoms with Crippen LogP contribution in [0.25, 0.3) is 0 Å². The molecule has 16 heavy (non-hydrogen) atoms. The molecule has 0 aromatic carbocycles. The van der Waals surface area contributed by atoms with Crippen molar-refractivity contribution in [2.75, 3.05) is 11.0 Å². The molecule has 0 atom stereocenters. The zero-order valence-corrected chi connectivity index (χ0v) is 13.3. The van der Waals surface area contributed by atoms with Gasteiger partial charge in [-0.1, -0.05) is 49.8 Å². The van der Waals surface area contributed by atoms with E-state index in [2.05, 4.69) is 43.4 Å². The summed E-state index contributed by atoms with van der Waals surface area (Å²) in [6.45, 7) is 7.92. The van der Waals surface area contributed by atoms with Crippen LogP contribution in [0, 0.1) is 11.8 Å². The highest BCUT2D eigenvalue weighted by atomic mass is 127. The number of unbranched alkanes of at least 4 members (excludes halogenated alkanes) is 1. The number of halogens is 1. The maximum atomic E-state index is 6.18. The second-order valence-electron chi connectivity index (χ2n) is 5.60. The molecule has 1 fully saturated rings. The summed E-state index contributed by atoms with van der Waals surface area (Å²) in [6, 6.07) is 0. The Morgan fingerprint density at radius 1 is 1.31 bits per heavy atom. The molecule has 1 aliphatic rings. The first-order valence-corrected chi connectivity index (χ1v) is 8.36. The Balaban J connectivity index is 2.38. The highest BCUT2D eigenvalue weighted by Gasteiger charge is 2.35. The van der Waals surface area contributed by atoms with Gasteiger partial charge in [0.1, 0.15) is 0 Å². The lowest BCUT2D eigenvalue weighted by Gasteiger charge is -2.40. The van der Waals surface area contributed by atoms with Crippen molar-refractivity contribution in [1.82, 2.24) is 0 Å². The number of ether oxygens (including phenoxy) is 1. The molecule has 1 aliphatic carbocycles. The predicted molar refractivity (Wildman–Crippen MR) is 79.3 cm³/mol. The summed E-state index contributed by atoms with van der Waals surface area (Å²) in [5, 5.41) is 0. The summed E-state index contributed by atoms with van der Waals surface area (Å²) < 4.78 is 7.35. The molecule has 2 heteroatoms. The van der Waals surface area contributed by atoms with E-state index in [0.717, 1.165) is 18.4 Å². The van der Waals surface area contributed by atoms with Gasteiger partial charge < -0.3 is 4.74 Å². The normalized spacial score (nSPS) is 30.9. The predicted octanol–water partition coefficient (Wildman–Crippen LogP) is 4.82. The molecule has 0 spiro atoms. The van der Waals surface area contributed by atoms with Crippen LogP contribution in [0.2, 0.25) is 0 Å². The molecule has 0 N–H and O–H groups in total. The van der Waals surface area contributed by atoms with E-state index in [4.69, 9.17) is 4.74 Å². The zero-order chi connectivity index (χ0) is 12.0. The van der Waals surface area contributed by atoms with Crippen LogP contribution in [0.4, 0.5) is 0 Å². The topological polar surface area (TPSA) is 9.23 Å². The fourth-order valence-corrected chi connectivity index (χ4v) is 3.57. The first kappa shape index (κ1) is 14.7. The van der Waals surface area contributed by atoms with E-state index in [0.29, 0.717) is 0 Å². The fraction of sp³-hybridized carbons (Fsp3) is 1.00. The largest absolute Gasteiger partial charge is 0.374 e. The van der Waals surface area contributed by atoms with Crippen LogP contribution >= 0.6 is 22.6 Å². The summed E-state index contributed by atoms with van der Waals surface area (Å²) in [6.07, 6.45) is 7.75. The molecule has 0 aromatic rings. The molecule has 0 radical (unpaired) electrons. The van der Waals surface area contributed by atoms with Crippen LogP contribution < -0.4 is 0 Å². The van der Waals surface area contributed by atoms with Gasteiger partial charge in [-0.05, 0) is 43.9 Å². The van der Waals surface area contributed by atoms with E-state index in [1.165, 1.54) is 43.0 Å². The quantitative estimate of drug-likeness (QED) is 0.383. The molecule has 0 amide bonds. The fourth-order valence-electron chi connectivity index (χ4n) is 2.58. The van der Waals surface area contributed by atoms with E-state index >= 15 is 0 Å². The SMILES string of the molecule is CCCCOC1(CI)CCC(C(C)C)CC1. The first-order chi connectivity index (χ1) is 7.63. The van der Waals surface area contributed by atoms with Crippen molar-refractivity contribution in [2.45, 2.75) is 64.9 Å². The standard InChI is InChI=1S/C14H27IO/c1-4-5-10-16-14(11-15)8-6-13(7-9-14)12(2)3/h12-13H,4-11H2,1-3H3. The van der Waals surface area contributed by atoms with E-state index in [1.807, 2.05) is 0 Å². The van der Waals surface area contributed by atoms with Crippen LogP contribution in [-0.2, 0) is 4.74 Å². The second kappa shape index (κ2) is 7.20.